The van der Waals surface area contributed by atoms with Crippen LogP contribution >= 0.6 is 0 Å². The van der Waals surface area contributed by atoms with Gasteiger partial charge in [-0.25, -0.2) is 4.79 Å². The molecule has 0 fully saturated rings. The van der Waals surface area contributed by atoms with Crippen LogP contribution < -0.4 is 0 Å². The van der Waals surface area contributed by atoms with Crippen LogP contribution in [0.1, 0.15) is 59.5 Å². The van der Waals surface area contributed by atoms with Gasteiger partial charge in [-0.2, -0.15) is 0 Å². The first-order valence-electron chi connectivity index (χ1n) is 8.95. The third kappa shape index (κ3) is 2.28. The first-order valence-corrected chi connectivity index (χ1v) is 8.95. The largest absolute Gasteiger partial charge is 0.507 e. The third-order valence-electron chi connectivity index (χ3n) is 5.62. The second-order valence-corrected chi connectivity index (χ2v) is 7.74. The van der Waals surface area contributed by atoms with Crippen molar-refractivity contribution in [2.24, 2.45) is 5.41 Å². The quantitative estimate of drug-likeness (QED) is 0.614. The van der Waals surface area contributed by atoms with E-state index in [1.54, 1.807) is 13.0 Å². The van der Waals surface area contributed by atoms with Crippen molar-refractivity contribution in [3.8, 4) is 5.75 Å². The minimum absolute atomic E-state index is 0.0297. The molecule has 1 aliphatic carbocycles. The van der Waals surface area contributed by atoms with Crippen molar-refractivity contribution < 1.29 is 33.8 Å². The van der Waals surface area contributed by atoms with Crippen LogP contribution in [0.5, 0.6) is 5.75 Å². The fourth-order valence-corrected chi connectivity index (χ4v) is 4.12. The molecule has 1 N–H and O–H groups in total. The highest BCUT2D eigenvalue weighted by Gasteiger charge is 2.60. The maximum Gasteiger partial charge on any atom is 0.357 e. The van der Waals surface area contributed by atoms with E-state index in [0.29, 0.717) is 17.5 Å². The number of phenols is 1. The highest BCUT2D eigenvalue weighted by molar-refractivity contribution is 6.31. The van der Waals surface area contributed by atoms with Crippen LogP contribution in [0, 0.1) is 12.3 Å². The first kappa shape index (κ1) is 19.8. The molecule has 0 unspecified atom stereocenters. The maximum atomic E-state index is 13.2. The minimum Gasteiger partial charge on any atom is -0.507 e. The lowest BCUT2D eigenvalue weighted by molar-refractivity contribution is -0.173. The number of ketones is 3. The molecule has 7 nitrogen and oxygen atoms in total. The van der Waals surface area contributed by atoms with Gasteiger partial charge in [0.1, 0.15) is 5.75 Å². The van der Waals surface area contributed by atoms with Crippen LogP contribution in [0.25, 0.3) is 0 Å². The SMILES string of the molecule is CCc1c(C)cc2c(c1O)C(=O)C1=C(C2=O)C(C)(C)C(=O)[C@](C)(C(=O)OC)O1. The Balaban J connectivity index is 2.33. The van der Waals surface area contributed by atoms with Crippen molar-refractivity contribution in [2.75, 3.05) is 7.11 Å². The standard InChI is InChI=1S/C21H22O7/c1-7-10-9(2)8-11-12(14(10)22)16(24)17-13(15(11)23)20(3,4)18(25)21(5,28-17)19(26)27-6/h8,22H,7H2,1-6H3/t21-/m1/s1. The molecule has 0 saturated heterocycles. The summed E-state index contributed by atoms with van der Waals surface area (Å²) in [6.45, 7) is 7.71. The van der Waals surface area contributed by atoms with Crippen LogP contribution in [-0.2, 0) is 25.5 Å². The molecule has 1 atom stereocenters. The van der Waals surface area contributed by atoms with Gasteiger partial charge in [-0.1, -0.05) is 6.92 Å². The lowest BCUT2D eigenvalue weighted by Gasteiger charge is -2.42. The fraction of sp³-hybridized carbons (Fsp3) is 0.429. The monoisotopic (exact) mass is 386 g/mol. The summed E-state index contributed by atoms with van der Waals surface area (Å²) in [5, 5.41) is 10.7. The number of hydrogen-bond acceptors (Lipinski definition) is 7. The van der Waals surface area contributed by atoms with E-state index in [4.69, 9.17) is 9.47 Å². The Bertz CT molecular complexity index is 996. The molecule has 0 bridgehead atoms. The fourth-order valence-electron chi connectivity index (χ4n) is 4.12. The Kier molecular flexibility index (Phi) is 4.26. The number of benzene rings is 1. The Hall–Kier alpha value is -2.96. The number of aryl methyl sites for hydroxylation is 1. The minimum atomic E-state index is -2.07. The number of methoxy groups -OCH3 is 1. The van der Waals surface area contributed by atoms with Gasteiger partial charge in [-0.3, -0.25) is 14.4 Å². The maximum absolute atomic E-state index is 13.2. The smallest absolute Gasteiger partial charge is 0.357 e. The Morgan fingerprint density at radius 3 is 2.32 bits per heavy atom. The van der Waals surface area contributed by atoms with E-state index in [1.807, 2.05) is 6.92 Å². The highest BCUT2D eigenvalue weighted by Crippen LogP contribution is 2.48. The molecule has 148 valence electrons. The summed E-state index contributed by atoms with van der Waals surface area (Å²) in [5.74, 6) is -3.62. The molecule has 3 rings (SSSR count). The predicted octanol–water partition coefficient (Wildman–Crippen LogP) is 2.45. The Morgan fingerprint density at radius 1 is 1.18 bits per heavy atom. The molecule has 2 aliphatic rings. The van der Waals surface area contributed by atoms with E-state index in [2.05, 4.69) is 0 Å². The lowest BCUT2D eigenvalue weighted by Crippen LogP contribution is -2.58. The lowest BCUT2D eigenvalue weighted by atomic mass is 9.66. The number of ether oxygens (including phenoxy) is 2. The van der Waals surface area contributed by atoms with Gasteiger partial charge >= 0.3 is 5.97 Å². The number of aromatic hydroxyl groups is 1. The second kappa shape index (κ2) is 6.02. The van der Waals surface area contributed by atoms with Crippen molar-refractivity contribution in [1.29, 1.82) is 0 Å². The molecule has 0 radical (unpaired) electrons. The van der Waals surface area contributed by atoms with E-state index in [9.17, 15) is 24.3 Å². The van der Waals surface area contributed by atoms with Crippen LogP contribution in [0.4, 0.5) is 0 Å². The van der Waals surface area contributed by atoms with Crippen LogP contribution in [0.2, 0.25) is 0 Å². The first-order chi connectivity index (χ1) is 12.9. The molecule has 0 amide bonds. The summed E-state index contributed by atoms with van der Waals surface area (Å²) in [5.41, 5.74) is -2.56. The van der Waals surface area contributed by atoms with Crippen molar-refractivity contribution in [3.63, 3.8) is 0 Å². The van der Waals surface area contributed by atoms with E-state index < -0.39 is 40.1 Å². The summed E-state index contributed by atoms with van der Waals surface area (Å²) in [7, 11) is 1.10. The number of hydrogen-bond donors (Lipinski definition) is 1. The van der Waals surface area contributed by atoms with E-state index in [1.165, 1.54) is 20.8 Å². The van der Waals surface area contributed by atoms with Gasteiger partial charge in [0.15, 0.2) is 17.3 Å². The van der Waals surface area contributed by atoms with Crippen LogP contribution in [0.15, 0.2) is 17.4 Å². The average molecular weight is 386 g/mol. The molecular formula is C21H22O7. The van der Waals surface area contributed by atoms with E-state index in [0.717, 1.165) is 7.11 Å². The molecule has 1 aromatic rings. The van der Waals surface area contributed by atoms with Gasteiger partial charge in [0.05, 0.1) is 23.7 Å². The number of carbonyl (C=O) groups is 4. The molecule has 0 aromatic heterocycles. The normalized spacial score (nSPS) is 23.1. The molecule has 1 heterocycles. The van der Waals surface area contributed by atoms with Gasteiger partial charge in [0.25, 0.3) is 5.60 Å². The Labute approximate surface area is 162 Å². The van der Waals surface area contributed by atoms with Crippen LogP contribution in [0.3, 0.4) is 0 Å². The summed E-state index contributed by atoms with van der Waals surface area (Å²) in [4.78, 5) is 51.8. The molecule has 1 aromatic carbocycles. The number of rotatable bonds is 2. The van der Waals surface area contributed by atoms with Gasteiger partial charge < -0.3 is 14.6 Å². The van der Waals surface area contributed by atoms with Crippen molar-refractivity contribution >= 4 is 23.3 Å². The molecular weight excluding hydrogens is 364 g/mol. The number of allylic oxidation sites excluding steroid dienone is 2. The second-order valence-electron chi connectivity index (χ2n) is 7.74. The average Bonchev–Trinajstić information content (AvgIpc) is 2.63. The van der Waals surface area contributed by atoms with Gasteiger partial charge in [0, 0.05) is 5.56 Å². The molecule has 0 saturated carbocycles. The zero-order chi connectivity index (χ0) is 21.2. The van der Waals surface area contributed by atoms with Crippen LogP contribution in [-0.4, -0.2) is 41.1 Å². The summed E-state index contributed by atoms with van der Waals surface area (Å²) in [6.07, 6.45) is 0.461. The van der Waals surface area contributed by atoms with Gasteiger partial charge in [0.2, 0.25) is 5.78 Å². The molecule has 28 heavy (non-hydrogen) atoms. The number of esters is 1. The number of fused-ring (bicyclic) bond motifs is 1. The number of carbonyl (C=O) groups excluding carboxylic acids is 4. The van der Waals surface area contributed by atoms with E-state index >= 15 is 0 Å². The topological polar surface area (TPSA) is 107 Å². The van der Waals surface area contributed by atoms with Crippen molar-refractivity contribution in [3.05, 3.63) is 39.7 Å². The third-order valence-corrected chi connectivity index (χ3v) is 5.62. The predicted molar refractivity (Wildman–Crippen MR) is 98.2 cm³/mol. The summed E-state index contributed by atoms with van der Waals surface area (Å²) >= 11 is 0. The number of phenolic OH excluding ortho intramolecular Hbond substituents is 1. The molecule has 7 heteroatoms. The van der Waals surface area contributed by atoms with Crippen molar-refractivity contribution in [1.82, 2.24) is 0 Å². The summed E-state index contributed by atoms with van der Waals surface area (Å²) in [6, 6.07) is 1.55. The number of Topliss-reactive ketones (excluding diaryl/α,β-unsaturated/α-hetero) is 3. The highest BCUT2D eigenvalue weighted by atomic mass is 16.6. The Morgan fingerprint density at radius 2 is 1.79 bits per heavy atom. The zero-order valence-corrected chi connectivity index (χ0v) is 16.7. The van der Waals surface area contributed by atoms with E-state index in [-0.39, 0.29) is 22.4 Å². The molecule has 0 spiro atoms. The van der Waals surface area contributed by atoms with Gasteiger partial charge in [-0.15, -0.1) is 0 Å². The summed E-state index contributed by atoms with van der Waals surface area (Å²) < 4.78 is 10.2. The van der Waals surface area contributed by atoms with Crippen molar-refractivity contribution in [2.45, 2.75) is 46.6 Å². The molecule has 1 aliphatic heterocycles. The zero-order valence-electron chi connectivity index (χ0n) is 16.7. The van der Waals surface area contributed by atoms with Gasteiger partial charge in [-0.05, 0) is 51.3 Å².